The average molecular weight is 191 g/mol. The first-order chi connectivity index (χ1) is 6.79. The maximum atomic E-state index is 10.2. The molecule has 0 aromatic carbocycles. The fraction of sp³-hybridized carbons (Fsp3) is 0.273. The van der Waals surface area contributed by atoms with Crippen molar-refractivity contribution in [3.05, 3.63) is 36.2 Å². The van der Waals surface area contributed by atoms with Crippen molar-refractivity contribution in [2.45, 2.75) is 19.3 Å². The third-order valence-corrected chi connectivity index (χ3v) is 1.78. The molecule has 3 heteroatoms. The number of hydrogen-bond donors (Lipinski definition) is 1. The second kappa shape index (κ2) is 5.91. The van der Waals surface area contributed by atoms with Crippen LogP contribution in [0.5, 0.6) is 0 Å². The van der Waals surface area contributed by atoms with Crippen LogP contribution in [0.1, 0.15) is 24.8 Å². The number of aromatic nitrogens is 1. The van der Waals surface area contributed by atoms with Gasteiger partial charge in [0.15, 0.2) is 0 Å². The van der Waals surface area contributed by atoms with Crippen molar-refractivity contribution in [2.75, 3.05) is 0 Å². The van der Waals surface area contributed by atoms with Gasteiger partial charge in [-0.2, -0.15) is 0 Å². The number of carboxylic acids is 1. The highest BCUT2D eigenvalue weighted by Crippen LogP contribution is 2.02. The zero-order chi connectivity index (χ0) is 10.2. The summed E-state index contributed by atoms with van der Waals surface area (Å²) in [5, 5.41) is 8.40. The molecule has 0 radical (unpaired) electrons. The average Bonchev–Trinajstić information content (AvgIpc) is 2.18. The number of nitrogens with zero attached hydrogens (tertiary/aromatic N) is 1. The summed E-state index contributed by atoms with van der Waals surface area (Å²) in [6.07, 6.45) is 9.15. The molecule has 0 amide bonds. The van der Waals surface area contributed by atoms with E-state index in [2.05, 4.69) is 4.98 Å². The molecule has 74 valence electrons. The largest absolute Gasteiger partial charge is 0.481 e. The van der Waals surface area contributed by atoms with Gasteiger partial charge in [0.25, 0.3) is 0 Å². The molecule has 0 saturated carbocycles. The van der Waals surface area contributed by atoms with Crippen LogP contribution in [-0.2, 0) is 4.79 Å². The van der Waals surface area contributed by atoms with Gasteiger partial charge in [-0.1, -0.05) is 12.2 Å². The van der Waals surface area contributed by atoms with E-state index in [-0.39, 0.29) is 6.42 Å². The van der Waals surface area contributed by atoms with Crippen LogP contribution in [0.25, 0.3) is 6.08 Å². The van der Waals surface area contributed by atoms with E-state index in [4.69, 9.17) is 5.11 Å². The number of aliphatic carboxylic acids is 1. The maximum Gasteiger partial charge on any atom is 0.303 e. The zero-order valence-corrected chi connectivity index (χ0v) is 7.89. The van der Waals surface area contributed by atoms with E-state index in [1.807, 2.05) is 24.3 Å². The van der Waals surface area contributed by atoms with Crippen molar-refractivity contribution < 1.29 is 9.90 Å². The second-order valence-electron chi connectivity index (χ2n) is 2.97. The quantitative estimate of drug-likeness (QED) is 0.727. The molecule has 0 aliphatic rings. The number of rotatable bonds is 5. The van der Waals surface area contributed by atoms with Crippen LogP contribution < -0.4 is 0 Å². The predicted molar refractivity (Wildman–Crippen MR) is 54.8 cm³/mol. The Morgan fingerprint density at radius 3 is 2.79 bits per heavy atom. The van der Waals surface area contributed by atoms with Gasteiger partial charge in [0, 0.05) is 18.8 Å². The summed E-state index contributed by atoms with van der Waals surface area (Å²) >= 11 is 0. The first kappa shape index (κ1) is 10.4. The number of allylic oxidation sites excluding steroid dienone is 1. The van der Waals surface area contributed by atoms with Gasteiger partial charge in [0.1, 0.15) is 0 Å². The smallest absolute Gasteiger partial charge is 0.303 e. The maximum absolute atomic E-state index is 10.2. The van der Waals surface area contributed by atoms with Crippen molar-refractivity contribution in [1.29, 1.82) is 0 Å². The van der Waals surface area contributed by atoms with Crippen molar-refractivity contribution in [2.24, 2.45) is 0 Å². The van der Waals surface area contributed by atoms with E-state index < -0.39 is 5.97 Å². The summed E-state index contributed by atoms with van der Waals surface area (Å²) in [6, 6.07) is 3.82. The lowest BCUT2D eigenvalue weighted by molar-refractivity contribution is -0.137. The van der Waals surface area contributed by atoms with Crippen molar-refractivity contribution >= 4 is 12.0 Å². The van der Waals surface area contributed by atoms with E-state index in [0.29, 0.717) is 6.42 Å². The van der Waals surface area contributed by atoms with Crippen LogP contribution in [0.2, 0.25) is 0 Å². The molecule has 1 rings (SSSR count). The SMILES string of the molecule is O=C(O)CCC/C=C/c1ccncc1. The Morgan fingerprint density at radius 2 is 2.14 bits per heavy atom. The van der Waals surface area contributed by atoms with E-state index >= 15 is 0 Å². The van der Waals surface area contributed by atoms with Crippen molar-refractivity contribution in [3.8, 4) is 0 Å². The Kier molecular flexibility index (Phi) is 4.41. The number of carbonyl (C=O) groups is 1. The molecule has 1 heterocycles. The third-order valence-electron chi connectivity index (χ3n) is 1.78. The molecule has 0 unspecified atom stereocenters. The lowest BCUT2D eigenvalue weighted by atomic mass is 10.2. The molecule has 0 bridgehead atoms. The summed E-state index contributed by atoms with van der Waals surface area (Å²) in [7, 11) is 0. The minimum absolute atomic E-state index is 0.237. The molecule has 1 aromatic heterocycles. The van der Waals surface area contributed by atoms with Gasteiger partial charge in [-0.3, -0.25) is 9.78 Å². The minimum atomic E-state index is -0.734. The number of pyridine rings is 1. The summed E-state index contributed by atoms with van der Waals surface area (Å²) < 4.78 is 0. The fourth-order valence-corrected chi connectivity index (χ4v) is 1.07. The Balaban J connectivity index is 2.25. The van der Waals surface area contributed by atoms with Crippen LogP contribution in [0.4, 0.5) is 0 Å². The molecule has 3 nitrogen and oxygen atoms in total. The van der Waals surface area contributed by atoms with Gasteiger partial charge in [0.2, 0.25) is 0 Å². The summed E-state index contributed by atoms with van der Waals surface area (Å²) in [4.78, 5) is 14.1. The van der Waals surface area contributed by atoms with Gasteiger partial charge < -0.3 is 5.11 Å². The lowest BCUT2D eigenvalue weighted by Crippen LogP contribution is -1.92. The van der Waals surface area contributed by atoms with Gasteiger partial charge in [-0.15, -0.1) is 0 Å². The lowest BCUT2D eigenvalue weighted by Gasteiger charge is -1.92. The fourth-order valence-electron chi connectivity index (χ4n) is 1.07. The third kappa shape index (κ3) is 4.40. The molecular weight excluding hydrogens is 178 g/mol. The number of carboxylic acid groups (broad SMARTS) is 1. The molecule has 0 atom stereocenters. The van der Waals surface area contributed by atoms with Gasteiger partial charge in [0.05, 0.1) is 0 Å². The number of unbranched alkanes of at least 4 members (excludes halogenated alkanes) is 1. The molecule has 14 heavy (non-hydrogen) atoms. The van der Waals surface area contributed by atoms with Crippen LogP contribution >= 0.6 is 0 Å². The standard InChI is InChI=1S/C11H13NO2/c13-11(14)5-3-1-2-4-10-6-8-12-9-7-10/h2,4,6-9H,1,3,5H2,(H,13,14)/b4-2+. The zero-order valence-electron chi connectivity index (χ0n) is 7.89. The molecule has 1 N–H and O–H groups in total. The molecular formula is C11H13NO2. The Hall–Kier alpha value is -1.64. The highest BCUT2D eigenvalue weighted by atomic mass is 16.4. The normalized spacial score (nSPS) is 10.6. The molecule has 1 aromatic rings. The minimum Gasteiger partial charge on any atom is -0.481 e. The van der Waals surface area contributed by atoms with E-state index in [0.717, 1.165) is 12.0 Å². The van der Waals surface area contributed by atoms with E-state index in [1.54, 1.807) is 12.4 Å². The topological polar surface area (TPSA) is 50.2 Å². The summed E-state index contributed by atoms with van der Waals surface area (Å²) in [5.74, 6) is -0.734. The summed E-state index contributed by atoms with van der Waals surface area (Å²) in [6.45, 7) is 0. The Labute approximate surface area is 83.1 Å². The van der Waals surface area contributed by atoms with Crippen LogP contribution in [-0.4, -0.2) is 16.1 Å². The first-order valence-corrected chi connectivity index (χ1v) is 4.57. The molecule has 0 saturated heterocycles. The monoisotopic (exact) mass is 191 g/mol. The van der Waals surface area contributed by atoms with Crippen LogP contribution in [0, 0.1) is 0 Å². The van der Waals surface area contributed by atoms with Crippen molar-refractivity contribution in [1.82, 2.24) is 4.98 Å². The van der Waals surface area contributed by atoms with Gasteiger partial charge >= 0.3 is 5.97 Å². The van der Waals surface area contributed by atoms with Gasteiger partial charge in [-0.05, 0) is 30.5 Å². The van der Waals surface area contributed by atoms with Crippen molar-refractivity contribution in [3.63, 3.8) is 0 Å². The van der Waals surface area contributed by atoms with Gasteiger partial charge in [-0.25, -0.2) is 0 Å². The van der Waals surface area contributed by atoms with Crippen LogP contribution in [0.15, 0.2) is 30.6 Å². The molecule has 0 aliphatic carbocycles. The second-order valence-corrected chi connectivity index (χ2v) is 2.97. The molecule has 0 aliphatic heterocycles. The highest BCUT2D eigenvalue weighted by molar-refractivity contribution is 5.66. The van der Waals surface area contributed by atoms with E-state index in [9.17, 15) is 4.79 Å². The Morgan fingerprint density at radius 1 is 1.43 bits per heavy atom. The first-order valence-electron chi connectivity index (χ1n) is 4.57. The Bertz CT molecular complexity index is 306. The predicted octanol–water partition coefficient (Wildman–Crippen LogP) is 2.35. The van der Waals surface area contributed by atoms with Crippen LogP contribution in [0.3, 0.4) is 0 Å². The number of hydrogen-bond acceptors (Lipinski definition) is 2. The van der Waals surface area contributed by atoms with E-state index in [1.165, 1.54) is 0 Å². The molecule has 0 fully saturated rings. The highest BCUT2D eigenvalue weighted by Gasteiger charge is 1.93. The summed E-state index contributed by atoms with van der Waals surface area (Å²) in [5.41, 5.74) is 1.09. The molecule has 0 spiro atoms.